The quantitative estimate of drug-likeness (QED) is 0.541. The van der Waals surface area contributed by atoms with Crippen molar-refractivity contribution in [2.75, 3.05) is 6.54 Å². The number of nitrogens with one attached hydrogen (secondary N) is 1. The van der Waals surface area contributed by atoms with E-state index in [0.29, 0.717) is 12.1 Å². The fraction of sp³-hybridized carbons (Fsp3) is 0.400. The summed E-state index contributed by atoms with van der Waals surface area (Å²) < 4.78 is 22.9. The van der Waals surface area contributed by atoms with Gasteiger partial charge in [-0.3, -0.25) is 4.98 Å². The van der Waals surface area contributed by atoms with Gasteiger partial charge >= 0.3 is 0 Å². The average molecular weight is 403 g/mol. The van der Waals surface area contributed by atoms with E-state index in [4.69, 9.17) is 0 Å². The van der Waals surface area contributed by atoms with E-state index in [2.05, 4.69) is 61.9 Å². The number of alkyl halides is 2. The fourth-order valence-electron chi connectivity index (χ4n) is 2.34. The molecule has 0 fully saturated rings. The number of nitrogens with zero attached hydrogens (tertiary/aromatic N) is 1. The lowest BCUT2D eigenvalue weighted by molar-refractivity contribution is 0.149. The first-order chi connectivity index (χ1) is 13.8. The van der Waals surface area contributed by atoms with Gasteiger partial charge in [-0.15, -0.1) is 0 Å². The Morgan fingerprint density at radius 1 is 1.07 bits per heavy atom. The summed E-state index contributed by atoms with van der Waals surface area (Å²) in [5.74, 6) is 0. The predicted molar refractivity (Wildman–Crippen MR) is 123 cm³/mol. The zero-order valence-corrected chi connectivity index (χ0v) is 18.9. The van der Waals surface area contributed by atoms with Gasteiger partial charge in [-0.25, -0.2) is 8.78 Å². The summed E-state index contributed by atoms with van der Waals surface area (Å²) in [5.41, 5.74) is 7.99. The van der Waals surface area contributed by atoms with Crippen molar-refractivity contribution in [3.8, 4) is 11.1 Å². The lowest BCUT2D eigenvalue weighted by Gasteiger charge is -2.07. The van der Waals surface area contributed by atoms with Crippen LogP contribution in [0.2, 0.25) is 0 Å². The normalized spacial score (nSPS) is 10.1. The van der Waals surface area contributed by atoms with Crippen molar-refractivity contribution in [2.45, 2.75) is 61.3 Å². The van der Waals surface area contributed by atoms with E-state index in [0.717, 1.165) is 5.69 Å². The number of rotatable bonds is 6. The largest absolute Gasteiger partial charge is 0.383 e. The first-order valence-corrected chi connectivity index (χ1v) is 10.1. The summed E-state index contributed by atoms with van der Waals surface area (Å²) >= 11 is 0. The van der Waals surface area contributed by atoms with Gasteiger partial charge in [0.05, 0.1) is 12.2 Å². The highest BCUT2D eigenvalue weighted by atomic mass is 19.3. The van der Waals surface area contributed by atoms with Crippen molar-refractivity contribution >= 4 is 6.08 Å². The summed E-state index contributed by atoms with van der Waals surface area (Å²) in [6.45, 7) is 17.5. The molecule has 160 valence electrons. The molecule has 0 atom stereocenters. The van der Waals surface area contributed by atoms with E-state index in [1.807, 2.05) is 46.0 Å². The lowest BCUT2D eigenvalue weighted by Crippen LogP contribution is -2.19. The molecule has 0 spiro atoms. The van der Waals surface area contributed by atoms with Crippen LogP contribution in [-0.2, 0) is 0 Å². The smallest absolute Gasteiger partial charge is 0.255 e. The highest BCUT2D eigenvalue weighted by molar-refractivity contribution is 5.66. The van der Waals surface area contributed by atoms with Crippen LogP contribution in [0.5, 0.6) is 0 Å². The highest BCUT2D eigenvalue weighted by Crippen LogP contribution is 2.23. The Morgan fingerprint density at radius 3 is 2.17 bits per heavy atom. The van der Waals surface area contributed by atoms with Crippen LogP contribution >= 0.6 is 0 Å². The Kier molecular flexibility index (Phi) is 13.3. The number of hydrogen-bond donors (Lipinski definition) is 1. The third-order valence-corrected chi connectivity index (χ3v) is 4.22. The molecule has 0 saturated heterocycles. The maximum absolute atomic E-state index is 11.4. The van der Waals surface area contributed by atoms with Crippen molar-refractivity contribution in [2.24, 2.45) is 0 Å². The topological polar surface area (TPSA) is 24.9 Å². The number of halogens is 2. The van der Waals surface area contributed by atoms with Crippen molar-refractivity contribution in [1.82, 2.24) is 10.3 Å². The molecule has 1 heterocycles. The Hall–Kier alpha value is -2.49. The summed E-state index contributed by atoms with van der Waals surface area (Å²) in [7, 11) is 0. The number of benzene rings is 1. The molecule has 0 aliphatic heterocycles. The van der Waals surface area contributed by atoms with E-state index >= 15 is 0 Å². The zero-order valence-electron chi connectivity index (χ0n) is 18.9. The van der Waals surface area contributed by atoms with Gasteiger partial charge in [-0.2, -0.15) is 0 Å². The van der Waals surface area contributed by atoms with Crippen LogP contribution in [-0.4, -0.2) is 18.0 Å². The molecule has 0 aliphatic rings. The Labute approximate surface area is 175 Å². The van der Waals surface area contributed by atoms with E-state index in [-0.39, 0.29) is 6.54 Å². The molecule has 0 bridgehead atoms. The molecule has 2 nitrogen and oxygen atoms in total. The van der Waals surface area contributed by atoms with Crippen molar-refractivity contribution < 1.29 is 8.78 Å². The van der Waals surface area contributed by atoms with Crippen molar-refractivity contribution in [3.63, 3.8) is 0 Å². The van der Waals surface area contributed by atoms with Crippen LogP contribution in [0.25, 0.3) is 17.2 Å². The van der Waals surface area contributed by atoms with Gasteiger partial charge in [0.1, 0.15) is 0 Å². The van der Waals surface area contributed by atoms with E-state index < -0.39 is 6.43 Å². The number of hydrogen-bond acceptors (Lipinski definition) is 2. The zero-order chi connectivity index (χ0) is 22.4. The molecular formula is C25H36F2N2. The first-order valence-electron chi connectivity index (χ1n) is 10.1. The Bertz CT molecular complexity index is 780. The van der Waals surface area contributed by atoms with Gasteiger partial charge in [-0.05, 0) is 68.5 Å². The molecule has 0 radical (unpaired) electrons. The molecule has 0 saturated carbocycles. The van der Waals surface area contributed by atoms with Gasteiger partial charge in [0, 0.05) is 17.5 Å². The summed E-state index contributed by atoms with van der Waals surface area (Å²) in [4.78, 5) is 4.51. The maximum atomic E-state index is 11.4. The minimum atomic E-state index is -2.28. The molecule has 1 N–H and O–H groups in total. The predicted octanol–water partition coefficient (Wildman–Crippen LogP) is 7.50. The molecule has 2 aromatic rings. The average Bonchev–Trinajstić information content (AvgIpc) is 2.71. The third-order valence-electron chi connectivity index (χ3n) is 4.22. The SMILES string of the molecule is C/C=C\c1ncc(-c2ccc(C)c(C)c2)cc1C.C=C(CC)NCC(F)F.CC. The lowest BCUT2D eigenvalue weighted by atomic mass is 10.0. The second-order valence-electron chi connectivity index (χ2n) is 6.45. The van der Waals surface area contributed by atoms with E-state index in [1.165, 1.54) is 27.8 Å². The van der Waals surface area contributed by atoms with Crippen LogP contribution in [0.1, 0.15) is 56.5 Å². The van der Waals surface area contributed by atoms with Crippen LogP contribution in [0, 0.1) is 20.8 Å². The molecule has 1 aromatic carbocycles. The number of pyridine rings is 1. The van der Waals surface area contributed by atoms with Crippen molar-refractivity contribution in [1.29, 1.82) is 0 Å². The Balaban J connectivity index is 0.000000606. The molecule has 0 unspecified atom stereocenters. The van der Waals surface area contributed by atoms with Crippen LogP contribution in [0.15, 0.2) is 48.8 Å². The third kappa shape index (κ3) is 10.0. The van der Waals surface area contributed by atoms with Gasteiger partial charge in [0.15, 0.2) is 0 Å². The second-order valence-corrected chi connectivity index (χ2v) is 6.45. The molecule has 2 rings (SSSR count). The molecule has 1 aromatic heterocycles. The minimum absolute atomic E-state index is 0.285. The number of aryl methyl sites for hydroxylation is 3. The second kappa shape index (κ2) is 14.5. The maximum Gasteiger partial charge on any atom is 0.255 e. The first kappa shape index (κ1) is 26.5. The monoisotopic (exact) mass is 402 g/mol. The summed E-state index contributed by atoms with van der Waals surface area (Å²) in [6, 6.07) is 8.75. The van der Waals surface area contributed by atoms with E-state index in [9.17, 15) is 8.78 Å². The number of allylic oxidation sites excluding steroid dienone is 2. The summed E-state index contributed by atoms with van der Waals surface area (Å²) in [6.07, 6.45) is 4.43. The molecule has 0 aliphatic carbocycles. The molecule has 29 heavy (non-hydrogen) atoms. The van der Waals surface area contributed by atoms with Gasteiger partial charge < -0.3 is 5.32 Å². The molecular weight excluding hydrogens is 366 g/mol. The standard InChI is InChI=1S/C17H19N.C6H11F2N.C2H6/c1-5-6-17-14(4)10-16(11-18-17)15-8-7-12(2)13(3)9-15;1-3-5(2)9-4-6(7)8;1-2/h5-11H,1-4H3;6,9H,2-4H2,1H3;1-2H3/b6-5-;;. The van der Waals surface area contributed by atoms with Gasteiger partial charge in [0.2, 0.25) is 0 Å². The van der Waals surface area contributed by atoms with Gasteiger partial charge in [0.25, 0.3) is 6.43 Å². The van der Waals surface area contributed by atoms with Crippen molar-refractivity contribution in [3.05, 3.63) is 71.2 Å². The fourth-order valence-corrected chi connectivity index (χ4v) is 2.34. The molecule has 0 amide bonds. The van der Waals surface area contributed by atoms with Crippen LogP contribution in [0.3, 0.4) is 0 Å². The van der Waals surface area contributed by atoms with Gasteiger partial charge in [-0.1, -0.05) is 51.6 Å². The van der Waals surface area contributed by atoms with Crippen LogP contribution < -0.4 is 5.32 Å². The van der Waals surface area contributed by atoms with Crippen LogP contribution in [0.4, 0.5) is 8.78 Å². The molecule has 4 heteroatoms. The minimum Gasteiger partial charge on any atom is -0.383 e. The summed E-state index contributed by atoms with van der Waals surface area (Å²) in [5, 5.41) is 2.49. The number of aromatic nitrogens is 1. The Morgan fingerprint density at radius 2 is 1.69 bits per heavy atom. The van der Waals surface area contributed by atoms with E-state index in [1.54, 1.807) is 0 Å². The highest BCUT2D eigenvalue weighted by Gasteiger charge is 2.03.